The molecule has 1 aliphatic heterocycles. The third-order valence-corrected chi connectivity index (χ3v) is 5.43. The van der Waals surface area contributed by atoms with Gasteiger partial charge in [0.25, 0.3) is 0 Å². The van der Waals surface area contributed by atoms with E-state index in [0.29, 0.717) is 36.5 Å². The molecule has 3 aromatic carbocycles. The molecule has 1 aliphatic rings. The molecule has 154 valence electrons. The average Bonchev–Trinajstić information content (AvgIpc) is 2.82. The Kier molecular flexibility index (Phi) is 5.72. The number of fused-ring (bicyclic) bond motifs is 1. The van der Waals surface area contributed by atoms with Crippen LogP contribution in [0.15, 0.2) is 78.9 Å². The van der Waals surface area contributed by atoms with E-state index in [4.69, 9.17) is 14.2 Å². The number of carbonyl (C=O) groups is 1. The van der Waals surface area contributed by atoms with Gasteiger partial charge in [0.2, 0.25) is 5.60 Å². The summed E-state index contributed by atoms with van der Waals surface area (Å²) in [5, 5.41) is 11.1. The molecule has 0 bridgehead atoms. The molecule has 0 amide bonds. The van der Waals surface area contributed by atoms with Crippen LogP contribution >= 0.6 is 0 Å². The fourth-order valence-corrected chi connectivity index (χ4v) is 3.76. The van der Waals surface area contributed by atoms with Crippen LogP contribution in [0.25, 0.3) is 0 Å². The highest BCUT2D eigenvalue weighted by atomic mass is 16.6. The number of hydrogen-bond acceptors (Lipinski definition) is 5. The second-order valence-corrected chi connectivity index (χ2v) is 7.34. The van der Waals surface area contributed by atoms with Gasteiger partial charge in [0.15, 0.2) is 0 Å². The van der Waals surface area contributed by atoms with Crippen LogP contribution in [0, 0.1) is 0 Å². The van der Waals surface area contributed by atoms with E-state index in [1.54, 1.807) is 18.2 Å². The lowest BCUT2D eigenvalue weighted by atomic mass is 9.83. The number of aliphatic hydroxyl groups excluding tert-OH is 1. The lowest BCUT2D eigenvalue weighted by molar-refractivity contribution is -0.173. The summed E-state index contributed by atoms with van der Waals surface area (Å²) >= 11 is 0. The lowest BCUT2D eigenvalue weighted by Crippen LogP contribution is -2.52. The molecule has 0 fully saturated rings. The molecule has 0 saturated heterocycles. The van der Waals surface area contributed by atoms with E-state index < -0.39 is 17.7 Å². The number of rotatable bonds is 6. The molecule has 2 atom stereocenters. The summed E-state index contributed by atoms with van der Waals surface area (Å²) in [6, 6.07) is 24.5. The summed E-state index contributed by atoms with van der Waals surface area (Å²) in [4.78, 5) is 12.8. The minimum Gasteiger partial charge on any atom is -0.489 e. The smallest absolute Gasteiger partial charge is 0.353 e. The average molecular weight is 404 g/mol. The SMILES string of the molecule is COC(=O)[C@@]1([C@H](O)c2ccccc2)CCc2ccc(OCc3ccccc3)cc2O1. The lowest BCUT2D eigenvalue weighted by Gasteiger charge is -2.39. The van der Waals surface area contributed by atoms with E-state index in [1.807, 2.05) is 60.7 Å². The highest BCUT2D eigenvalue weighted by molar-refractivity contribution is 5.82. The minimum atomic E-state index is -1.51. The zero-order chi connectivity index (χ0) is 21.0. The molecule has 1 N–H and O–H groups in total. The van der Waals surface area contributed by atoms with E-state index in [0.717, 1.165) is 11.1 Å². The number of ether oxygens (including phenoxy) is 3. The van der Waals surface area contributed by atoms with Crippen molar-refractivity contribution < 1.29 is 24.1 Å². The van der Waals surface area contributed by atoms with Crippen LogP contribution in [-0.2, 0) is 22.6 Å². The van der Waals surface area contributed by atoms with Crippen LogP contribution in [0.1, 0.15) is 29.2 Å². The molecular weight excluding hydrogens is 380 g/mol. The predicted octanol–water partition coefficient (Wildman–Crippen LogP) is 4.24. The summed E-state index contributed by atoms with van der Waals surface area (Å²) in [5.41, 5.74) is 1.10. The quantitative estimate of drug-likeness (QED) is 0.623. The molecule has 30 heavy (non-hydrogen) atoms. The van der Waals surface area contributed by atoms with E-state index in [-0.39, 0.29) is 0 Å². The van der Waals surface area contributed by atoms with Gasteiger partial charge >= 0.3 is 5.97 Å². The molecule has 0 aromatic heterocycles. The summed E-state index contributed by atoms with van der Waals surface area (Å²) in [7, 11) is 1.31. The molecule has 0 spiro atoms. The maximum atomic E-state index is 12.8. The van der Waals surface area contributed by atoms with Gasteiger partial charge in [-0.2, -0.15) is 0 Å². The Morgan fingerprint density at radius 2 is 1.77 bits per heavy atom. The van der Waals surface area contributed by atoms with Crippen molar-refractivity contribution in [3.05, 3.63) is 95.6 Å². The van der Waals surface area contributed by atoms with Crippen molar-refractivity contribution in [1.29, 1.82) is 0 Å². The van der Waals surface area contributed by atoms with Crippen molar-refractivity contribution >= 4 is 5.97 Å². The van der Waals surface area contributed by atoms with Crippen molar-refractivity contribution in [2.24, 2.45) is 0 Å². The first-order chi connectivity index (χ1) is 14.6. The molecule has 1 heterocycles. The van der Waals surface area contributed by atoms with Gasteiger partial charge in [-0.3, -0.25) is 0 Å². The van der Waals surface area contributed by atoms with Crippen molar-refractivity contribution in [2.45, 2.75) is 31.2 Å². The molecular formula is C25H24O5. The van der Waals surface area contributed by atoms with Crippen molar-refractivity contribution in [3.63, 3.8) is 0 Å². The highest BCUT2D eigenvalue weighted by Gasteiger charge is 2.51. The van der Waals surface area contributed by atoms with Gasteiger partial charge in [-0.15, -0.1) is 0 Å². The van der Waals surface area contributed by atoms with Crippen LogP contribution in [0.2, 0.25) is 0 Å². The maximum Gasteiger partial charge on any atom is 0.353 e. The summed E-state index contributed by atoms with van der Waals surface area (Å²) < 4.78 is 17.1. The minimum absolute atomic E-state index is 0.312. The zero-order valence-corrected chi connectivity index (χ0v) is 16.8. The van der Waals surface area contributed by atoms with E-state index in [9.17, 15) is 9.90 Å². The van der Waals surface area contributed by atoms with Crippen LogP contribution in [0.5, 0.6) is 11.5 Å². The molecule has 0 aliphatic carbocycles. The van der Waals surface area contributed by atoms with Gasteiger partial charge in [0.1, 0.15) is 24.2 Å². The first-order valence-electron chi connectivity index (χ1n) is 9.92. The Bertz CT molecular complexity index is 1000. The molecule has 0 saturated carbocycles. The highest BCUT2D eigenvalue weighted by Crippen LogP contribution is 2.42. The number of aryl methyl sites for hydroxylation is 1. The Morgan fingerprint density at radius 1 is 1.07 bits per heavy atom. The fourth-order valence-electron chi connectivity index (χ4n) is 3.76. The van der Waals surface area contributed by atoms with E-state index in [2.05, 4.69) is 0 Å². The third-order valence-electron chi connectivity index (χ3n) is 5.43. The topological polar surface area (TPSA) is 65.0 Å². The Morgan fingerprint density at radius 3 is 2.47 bits per heavy atom. The third kappa shape index (κ3) is 3.89. The van der Waals surface area contributed by atoms with Crippen LogP contribution in [0.3, 0.4) is 0 Å². The Labute approximate surface area is 175 Å². The summed E-state index contributed by atoms with van der Waals surface area (Å²) in [5.74, 6) is 0.555. The molecule has 0 unspecified atom stereocenters. The second-order valence-electron chi connectivity index (χ2n) is 7.34. The van der Waals surface area contributed by atoms with Gasteiger partial charge in [0, 0.05) is 12.5 Å². The van der Waals surface area contributed by atoms with Crippen molar-refractivity contribution in [2.75, 3.05) is 7.11 Å². The van der Waals surface area contributed by atoms with E-state index in [1.165, 1.54) is 7.11 Å². The number of benzene rings is 3. The first-order valence-corrected chi connectivity index (χ1v) is 9.92. The Hall–Kier alpha value is -3.31. The Balaban J connectivity index is 1.61. The van der Waals surface area contributed by atoms with E-state index >= 15 is 0 Å². The monoisotopic (exact) mass is 404 g/mol. The fraction of sp³-hybridized carbons (Fsp3) is 0.240. The van der Waals surface area contributed by atoms with Crippen LogP contribution < -0.4 is 9.47 Å². The first kappa shape index (κ1) is 20.0. The second kappa shape index (κ2) is 8.59. The van der Waals surface area contributed by atoms with Gasteiger partial charge in [-0.05, 0) is 29.2 Å². The number of esters is 1. The van der Waals surface area contributed by atoms with Gasteiger partial charge in [-0.1, -0.05) is 66.7 Å². The number of methoxy groups -OCH3 is 1. The maximum absolute atomic E-state index is 12.8. The normalized spacial score (nSPS) is 18.6. The van der Waals surface area contributed by atoms with Gasteiger partial charge in [0.05, 0.1) is 7.11 Å². The molecule has 0 radical (unpaired) electrons. The number of aliphatic hydroxyl groups is 1. The summed E-state index contributed by atoms with van der Waals surface area (Å²) in [6.07, 6.45) is -0.270. The van der Waals surface area contributed by atoms with Crippen LogP contribution in [0.4, 0.5) is 0 Å². The summed E-state index contributed by atoms with van der Waals surface area (Å²) in [6.45, 7) is 0.425. The number of carbonyl (C=O) groups excluding carboxylic acids is 1. The molecule has 5 nitrogen and oxygen atoms in total. The number of hydrogen-bond donors (Lipinski definition) is 1. The largest absolute Gasteiger partial charge is 0.489 e. The van der Waals surface area contributed by atoms with Crippen LogP contribution in [-0.4, -0.2) is 23.8 Å². The molecule has 5 heteroatoms. The van der Waals surface area contributed by atoms with Crippen molar-refractivity contribution in [1.82, 2.24) is 0 Å². The van der Waals surface area contributed by atoms with Gasteiger partial charge in [-0.25, -0.2) is 4.79 Å². The standard InChI is InChI=1S/C25H24O5/c1-28-24(27)25(23(26)20-10-6-3-7-11-20)15-14-19-12-13-21(16-22(19)30-25)29-17-18-8-4-2-5-9-18/h2-13,16,23,26H,14-15,17H2,1H3/t23-,25+/m1/s1. The predicted molar refractivity (Wildman–Crippen MR) is 112 cm³/mol. The molecule has 4 rings (SSSR count). The van der Waals surface area contributed by atoms with Crippen molar-refractivity contribution in [3.8, 4) is 11.5 Å². The van der Waals surface area contributed by atoms with Gasteiger partial charge < -0.3 is 19.3 Å². The zero-order valence-electron chi connectivity index (χ0n) is 16.8. The molecule has 3 aromatic rings.